The van der Waals surface area contributed by atoms with Gasteiger partial charge in [0.1, 0.15) is 5.82 Å². The van der Waals surface area contributed by atoms with Gasteiger partial charge >= 0.3 is 5.97 Å². The standard InChI is InChI=1S/C14H18N4O3S/c1-5-21-13(20)12-8(3)15-7(2)11(12)10(19)6-22-14-16-9(4)17-18-14/h15H,5-6H2,1-4H3,(H,16,17,18). The Kier molecular flexibility index (Phi) is 5.02. The third-order valence-electron chi connectivity index (χ3n) is 3.04. The fraction of sp³-hybridized carbons (Fsp3) is 0.429. The van der Waals surface area contributed by atoms with E-state index < -0.39 is 5.97 Å². The summed E-state index contributed by atoms with van der Waals surface area (Å²) in [6, 6.07) is 0. The van der Waals surface area contributed by atoms with Gasteiger partial charge < -0.3 is 9.72 Å². The van der Waals surface area contributed by atoms with Gasteiger partial charge in [-0.2, -0.15) is 0 Å². The number of H-pyrrole nitrogens is 2. The monoisotopic (exact) mass is 322 g/mol. The summed E-state index contributed by atoms with van der Waals surface area (Å²) < 4.78 is 5.03. The summed E-state index contributed by atoms with van der Waals surface area (Å²) in [5, 5.41) is 7.20. The van der Waals surface area contributed by atoms with E-state index in [-0.39, 0.29) is 18.1 Å². The first kappa shape index (κ1) is 16.3. The highest BCUT2D eigenvalue weighted by Crippen LogP contribution is 2.23. The molecular formula is C14H18N4O3S. The van der Waals surface area contributed by atoms with Crippen LogP contribution >= 0.6 is 11.8 Å². The average Bonchev–Trinajstić information content (AvgIpc) is 2.99. The normalized spacial score (nSPS) is 10.7. The second kappa shape index (κ2) is 6.78. The third-order valence-corrected chi connectivity index (χ3v) is 3.89. The zero-order valence-corrected chi connectivity index (χ0v) is 13.8. The molecule has 22 heavy (non-hydrogen) atoms. The molecule has 2 heterocycles. The molecule has 0 spiro atoms. The predicted octanol–water partition coefficient (Wildman–Crippen LogP) is 2.21. The fourth-order valence-corrected chi connectivity index (χ4v) is 2.89. The Bertz CT molecular complexity index is 705. The maximum atomic E-state index is 12.5. The van der Waals surface area contributed by atoms with Crippen molar-refractivity contribution in [3.8, 4) is 0 Å². The van der Waals surface area contributed by atoms with Crippen LogP contribution in [0.25, 0.3) is 0 Å². The molecule has 0 amide bonds. The third kappa shape index (κ3) is 3.38. The lowest BCUT2D eigenvalue weighted by Gasteiger charge is -2.05. The first-order chi connectivity index (χ1) is 10.4. The predicted molar refractivity (Wildman–Crippen MR) is 82.4 cm³/mol. The van der Waals surface area contributed by atoms with Crippen molar-refractivity contribution < 1.29 is 14.3 Å². The molecule has 2 aromatic heterocycles. The van der Waals surface area contributed by atoms with Crippen LogP contribution in [0.3, 0.4) is 0 Å². The first-order valence-electron chi connectivity index (χ1n) is 6.85. The molecule has 0 unspecified atom stereocenters. The Morgan fingerprint density at radius 3 is 2.45 bits per heavy atom. The van der Waals surface area contributed by atoms with Gasteiger partial charge in [-0.05, 0) is 27.7 Å². The van der Waals surface area contributed by atoms with Gasteiger partial charge in [-0.25, -0.2) is 9.78 Å². The van der Waals surface area contributed by atoms with Crippen LogP contribution in [0.4, 0.5) is 0 Å². The molecule has 118 valence electrons. The van der Waals surface area contributed by atoms with Crippen LogP contribution in [0.5, 0.6) is 0 Å². The Balaban J connectivity index is 2.20. The highest BCUT2D eigenvalue weighted by molar-refractivity contribution is 7.99. The van der Waals surface area contributed by atoms with E-state index in [0.29, 0.717) is 33.5 Å². The number of rotatable bonds is 6. The van der Waals surface area contributed by atoms with Crippen molar-refractivity contribution in [3.05, 3.63) is 28.3 Å². The minimum absolute atomic E-state index is 0.155. The highest BCUT2D eigenvalue weighted by Gasteiger charge is 2.25. The zero-order valence-electron chi connectivity index (χ0n) is 12.9. The van der Waals surface area contributed by atoms with Crippen molar-refractivity contribution in [2.75, 3.05) is 12.4 Å². The van der Waals surface area contributed by atoms with Crippen molar-refractivity contribution in [2.45, 2.75) is 32.9 Å². The summed E-state index contributed by atoms with van der Waals surface area (Å²) in [6.07, 6.45) is 0. The number of hydrogen-bond donors (Lipinski definition) is 2. The first-order valence-corrected chi connectivity index (χ1v) is 7.83. The SMILES string of the molecule is CCOC(=O)c1c(C)[nH]c(C)c1C(=O)CSc1n[nH]c(C)n1. The molecule has 2 aromatic rings. The van der Waals surface area contributed by atoms with Gasteiger partial charge in [-0.15, -0.1) is 5.10 Å². The molecule has 2 rings (SSSR count). The molecule has 0 radical (unpaired) electrons. The Labute approximate surface area is 132 Å². The number of carbonyl (C=O) groups is 2. The maximum absolute atomic E-state index is 12.5. The lowest BCUT2D eigenvalue weighted by Crippen LogP contribution is -2.13. The average molecular weight is 322 g/mol. The number of carbonyl (C=O) groups excluding carboxylic acids is 2. The molecule has 2 N–H and O–H groups in total. The molecule has 0 bridgehead atoms. The number of Topliss-reactive ketones (excluding diaryl/α,β-unsaturated/α-hetero) is 1. The van der Waals surface area contributed by atoms with Crippen molar-refractivity contribution in [3.63, 3.8) is 0 Å². The maximum Gasteiger partial charge on any atom is 0.340 e. The molecule has 7 nitrogen and oxygen atoms in total. The van der Waals surface area contributed by atoms with Crippen LogP contribution in [0.1, 0.15) is 44.9 Å². The van der Waals surface area contributed by atoms with Gasteiger partial charge in [-0.3, -0.25) is 9.89 Å². The van der Waals surface area contributed by atoms with E-state index >= 15 is 0 Å². The number of aryl methyl sites for hydroxylation is 3. The second-order valence-corrected chi connectivity index (χ2v) is 5.70. The molecule has 0 aliphatic carbocycles. The number of aromatic nitrogens is 4. The summed E-state index contributed by atoms with van der Waals surface area (Å²) in [5.74, 6) is 0.210. The number of aromatic amines is 2. The summed E-state index contributed by atoms with van der Waals surface area (Å²) in [4.78, 5) is 31.7. The number of thioether (sulfide) groups is 1. The molecule has 0 aliphatic heterocycles. The molecule has 0 saturated heterocycles. The van der Waals surface area contributed by atoms with Gasteiger partial charge in [0.25, 0.3) is 0 Å². The number of ether oxygens (including phenoxy) is 1. The summed E-state index contributed by atoms with van der Waals surface area (Å²) in [6.45, 7) is 7.31. The van der Waals surface area contributed by atoms with Crippen molar-refractivity contribution in [1.82, 2.24) is 20.2 Å². The summed E-state index contributed by atoms with van der Waals surface area (Å²) in [7, 11) is 0. The fourth-order valence-electron chi connectivity index (χ4n) is 2.18. The van der Waals surface area contributed by atoms with E-state index in [1.54, 1.807) is 27.7 Å². The minimum Gasteiger partial charge on any atom is -0.462 e. The van der Waals surface area contributed by atoms with Crippen LogP contribution in [0.15, 0.2) is 5.16 Å². The topological polar surface area (TPSA) is 101 Å². The smallest absolute Gasteiger partial charge is 0.340 e. The number of nitrogens with one attached hydrogen (secondary N) is 2. The van der Waals surface area contributed by atoms with Crippen LogP contribution in [-0.4, -0.2) is 44.3 Å². The highest BCUT2D eigenvalue weighted by atomic mass is 32.2. The lowest BCUT2D eigenvalue weighted by atomic mass is 10.1. The number of nitrogens with zero attached hydrogens (tertiary/aromatic N) is 2. The second-order valence-electron chi connectivity index (χ2n) is 4.76. The molecular weight excluding hydrogens is 304 g/mol. The summed E-state index contributed by atoms with van der Waals surface area (Å²) in [5.41, 5.74) is 2.00. The Morgan fingerprint density at radius 2 is 1.86 bits per heavy atom. The van der Waals surface area contributed by atoms with Gasteiger partial charge in [0, 0.05) is 11.4 Å². The van der Waals surface area contributed by atoms with Crippen LogP contribution < -0.4 is 0 Å². The van der Waals surface area contributed by atoms with Crippen LogP contribution in [0, 0.1) is 20.8 Å². The Hall–Kier alpha value is -2.09. The molecule has 0 fully saturated rings. The van der Waals surface area contributed by atoms with E-state index in [4.69, 9.17) is 4.74 Å². The van der Waals surface area contributed by atoms with E-state index in [0.717, 1.165) is 0 Å². The van der Waals surface area contributed by atoms with Gasteiger partial charge in [0.05, 0.1) is 23.5 Å². The van der Waals surface area contributed by atoms with E-state index in [1.807, 2.05) is 0 Å². The van der Waals surface area contributed by atoms with Crippen molar-refractivity contribution >= 4 is 23.5 Å². The zero-order chi connectivity index (χ0) is 16.3. The van der Waals surface area contributed by atoms with E-state index in [1.165, 1.54) is 11.8 Å². The van der Waals surface area contributed by atoms with Crippen LogP contribution in [0.2, 0.25) is 0 Å². The number of ketones is 1. The molecule has 0 aromatic carbocycles. The molecule has 0 atom stereocenters. The molecule has 0 aliphatic rings. The van der Waals surface area contributed by atoms with Gasteiger partial charge in [-0.1, -0.05) is 11.8 Å². The quantitative estimate of drug-likeness (QED) is 0.480. The van der Waals surface area contributed by atoms with Crippen molar-refractivity contribution in [1.29, 1.82) is 0 Å². The molecule has 0 saturated carbocycles. The number of esters is 1. The van der Waals surface area contributed by atoms with E-state index in [2.05, 4.69) is 20.2 Å². The van der Waals surface area contributed by atoms with Gasteiger partial charge in [0.15, 0.2) is 5.78 Å². The number of hydrogen-bond acceptors (Lipinski definition) is 6. The lowest BCUT2D eigenvalue weighted by molar-refractivity contribution is 0.0522. The van der Waals surface area contributed by atoms with E-state index in [9.17, 15) is 9.59 Å². The molecule has 8 heteroatoms. The van der Waals surface area contributed by atoms with Gasteiger partial charge in [0.2, 0.25) is 5.16 Å². The van der Waals surface area contributed by atoms with Crippen molar-refractivity contribution in [2.24, 2.45) is 0 Å². The minimum atomic E-state index is -0.480. The Morgan fingerprint density at radius 1 is 1.18 bits per heavy atom. The largest absolute Gasteiger partial charge is 0.462 e. The summed E-state index contributed by atoms with van der Waals surface area (Å²) >= 11 is 1.23. The van der Waals surface area contributed by atoms with Crippen LogP contribution in [-0.2, 0) is 4.74 Å².